The van der Waals surface area contributed by atoms with Crippen molar-refractivity contribution in [3.63, 3.8) is 0 Å². The smallest absolute Gasteiger partial charge is 0.269 e. The van der Waals surface area contributed by atoms with Crippen LogP contribution in [0.25, 0.3) is 0 Å². The van der Waals surface area contributed by atoms with Crippen molar-refractivity contribution in [1.82, 2.24) is 14.5 Å². The van der Waals surface area contributed by atoms with Crippen LogP contribution >= 0.6 is 11.6 Å². The van der Waals surface area contributed by atoms with Crippen molar-refractivity contribution < 1.29 is 22.8 Å². The van der Waals surface area contributed by atoms with E-state index in [1.807, 2.05) is 20.8 Å². The van der Waals surface area contributed by atoms with E-state index in [0.717, 1.165) is 0 Å². The Kier molecular flexibility index (Phi) is 6.85. The van der Waals surface area contributed by atoms with Gasteiger partial charge >= 0.3 is 0 Å². The molecule has 0 fully saturated rings. The highest BCUT2D eigenvalue weighted by Gasteiger charge is 2.43. The molecular weight excluding hydrogens is 466 g/mol. The second kappa shape index (κ2) is 9.15. The van der Waals surface area contributed by atoms with Crippen molar-refractivity contribution in [2.75, 3.05) is 6.54 Å². The molecule has 0 radical (unpaired) electrons. The van der Waals surface area contributed by atoms with Gasteiger partial charge in [0.15, 0.2) is 0 Å². The highest BCUT2D eigenvalue weighted by atomic mass is 35.5. The van der Waals surface area contributed by atoms with E-state index in [1.54, 1.807) is 37.3 Å². The molecule has 2 aromatic rings. The molecule has 176 valence electrons. The van der Waals surface area contributed by atoms with Crippen LogP contribution in [0.2, 0.25) is 5.02 Å². The van der Waals surface area contributed by atoms with Crippen LogP contribution in [0.4, 0.5) is 0 Å². The Morgan fingerprint density at radius 3 is 2.30 bits per heavy atom. The Bertz CT molecular complexity index is 1210. The molecule has 2 aromatic carbocycles. The molecular formula is C23H26ClN3O5S. The van der Waals surface area contributed by atoms with E-state index in [1.165, 1.54) is 23.1 Å². The van der Waals surface area contributed by atoms with Crippen LogP contribution in [0, 0.1) is 0 Å². The third-order valence-electron chi connectivity index (χ3n) is 5.15. The normalized spacial score (nSPS) is 15.7. The molecule has 33 heavy (non-hydrogen) atoms. The van der Waals surface area contributed by atoms with E-state index in [2.05, 4.69) is 5.32 Å². The SMILES string of the molecule is C[C@@H](C(=O)NC(C)(C)C)N(Cc1ccccc1Cl)C(=O)CN1C(=O)c2ccccc2S1(=O)=O. The van der Waals surface area contributed by atoms with E-state index in [-0.39, 0.29) is 17.0 Å². The van der Waals surface area contributed by atoms with E-state index in [0.29, 0.717) is 14.9 Å². The van der Waals surface area contributed by atoms with Gasteiger partial charge in [0.25, 0.3) is 15.9 Å². The number of carbonyl (C=O) groups excluding carboxylic acids is 3. The molecule has 1 atom stereocenters. The van der Waals surface area contributed by atoms with Gasteiger partial charge in [0.05, 0.1) is 5.56 Å². The molecule has 1 heterocycles. The maximum absolute atomic E-state index is 13.4. The fourth-order valence-electron chi connectivity index (χ4n) is 3.47. The van der Waals surface area contributed by atoms with Gasteiger partial charge in [-0.15, -0.1) is 0 Å². The molecule has 3 amide bonds. The predicted molar refractivity (Wildman–Crippen MR) is 124 cm³/mol. The molecule has 0 saturated heterocycles. The van der Waals surface area contributed by atoms with Crippen molar-refractivity contribution in [3.05, 3.63) is 64.7 Å². The summed E-state index contributed by atoms with van der Waals surface area (Å²) in [4.78, 5) is 40.0. The Balaban J connectivity index is 1.92. The average Bonchev–Trinajstić information content (AvgIpc) is 2.92. The molecule has 1 aliphatic heterocycles. The lowest BCUT2D eigenvalue weighted by molar-refractivity contribution is -0.141. The van der Waals surface area contributed by atoms with Gasteiger partial charge in [-0.25, -0.2) is 12.7 Å². The van der Waals surface area contributed by atoms with Gasteiger partial charge in [0.1, 0.15) is 17.5 Å². The van der Waals surface area contributed by atoms with Crippen LogP contribution in [0.15, 0.2) is 53.4 Å². The summed E-state index contributed by atoms with van der Waals surface area (Å²) < 4.78 is 26.3. The summed E-state index contributed by atoms with van der Waals surface area (Å²) in [5.74, 6) is -1.89. The molecule has 0 spiro atoms. The highest BCUT2D eigenvalue weighted by Crippen LogP contribution is 2.30. The fraction of sp³-hybridized carbons (Fsp3) is 0.348. The molecule has 0 unspecified atom stereocenters. The van der Waals surface area contributed by atoms with Crippen molar-refractivity contribution in [3.8, 4) is 0 Å². The first-order valence-electron chi connectivity index (χ1n) is 10.3. The number of rotatable bonds is 6. The van der Waals surface area contributed by atoms with Gasteiger partial charge in [0.2, 0.25) is 11.8 Å². The number of fused-ring (bicyclic) bond motifs is 1. The molecule has 1 aliphatic rings. The highest BCUT2D eigenvalue weighted by molar-refractivity contribution is 7.90. The average molecular weight is 492 g/mol. The Morgan fingerprint density at radius 2 is 1.70 bits per heavy atom. The summed E-state index contributed by atoms with van der Waals surface area (Å²) in [6.07, 6.45) is 0. The largest absolute Gasteiger partial charge is 0.350 e. The molecule has 1 N–H and O–H groups in total. The number of amides is 3. The quantitative estimate of drug-likeness (QED) is 0.669. The summed E-state index contributed by atoms with van der Waals surface area (Å²) >= 11 is 6.26. The minimum atomic E-state index is -4.17. The molecule has 0 saturated carbocycles. The third-order valence-corrected chi connectivity index (χ3v) is 7.31. The van der Waals surface area contributed by atoms with Crippen molar-refractivity contribution in [2.24, 2.45) is 0 Å². The zero-order valence-corrected chi connectivity index (χ0v) is 20.4. The summed E-state index contributed by atoms with van der Waals surface area (Å²) in [6, 6.07) is 11.7. The first kappa shape index (κ1) is 24.7. The number of carbonyl (C=O) groups is 3. The van der Waals surface area contributed by atoms with Crippen LogP contribution < -0.4 is 5.32 Å². The van der Waals surface area contributed by atoms with Gasteiger partial charge in [-0.05, 0) is 51.5 Å². The fourth-order valence-corrected chi connectivity index (χ4v) is 5.18. The Morgan fingerprint density at radius 1 is 1.09 bits per heavy atom. The van der Waals surface area contributed by atoms with Gasteiger partial charge in [-0.2, -0.15) is 0 Å². The van der Waals surface area contributed by atoms with Crippen LogP contribution in [-0.4, -0.2) is 53.5 Å². The van der Waals surface area contributed by atoms with Gasteiger partial charge < -0.3 is 10.2 Å². The van der Waals surface area contributed by atoms with Crippen LogP contribution in [0.3, 0.4) is 0 Å². The second-order valence-electron chi connectivity index (χ2n) is 8.84. The number of halogens is 1. The lowest BCUT2D eigenvalue weighted by atomic mass is 10.1. The maximum atomic E-state index is 13.4. The van der Waals surface area contributed by atoms with Gasteiger partial charge in [0, 0.05) is 17.1 Å². The summed E-state index contributed by atoms with van der Waals surface area (Å²) in [5, 5.41) is 3.22. The standard InChI is InChI=1S/C23H26ClN3O5S/c1-15(21(29)25-23(2,3)4)26(13-16-9-5-7-11-18(16)24)20(28)14-27-22(30)17-10-6-8-12-19(17)33(27,31)32/h5-12,15H,13-14H2,1-4H3,(H,25,29)/t15-/m0/s1. The monoisotopic (exact) mass is 491 g/mol. The Hall–Kier alpha value is -2.91. The van der Waals surface area contributed by atoms with Gasteiger partial charge in [-0.1, -0.05) is 41.9 Å². The zero-order chi connectivity index (χ0) is 24.6. The first-order valence-corrected chi connectivity index (χ1v) is 12.2. The number of benzene rings is 2. The van der Waals surface area contributed by atoms with Crippen LogP contribution in [0.5, 0.6) is 0 Å². The molecule has 3 rings (SSSR count). The lowest BCUT2D eigenvalue weighted by Gasteiger charge is -2.32. The number of nitrogens with zero attached hydrogens (tertiary/aromatic N) is 2. The topological polar surface area (TPSA) is 104 Å². The molecule has 10 heteroatoms. The number of hydrogen-bond acceptors (Lipinski definition) is 5. The van der Waals surface area contributed by atoms with E-state index in [9.17, 15) is 22.8 Å². The first-order chi connectivity index (χ1) is 15.3. The van der Waals surface area contributed by atoms with Crippen molar-refractivity contribution >= 4 is 39.3 Å². The summed E-state index contributed by atoms with van der Waals surface area (Å²) in [6.45, 7) is 6.21. The lowest BCUT2D eigenvalue weighted by Crippen LogP contribution is -2.54. The van der Waals surface area contributed by atoms with E-state index >= 15 is 0 Å². The summed E-state index contributed by atoms with van der Waals surface area (Å²) in [5.41, 5.74) is 0.0590. The predicted octanol–water partition coefficient (Wildman–Crippen LogP) is 2.82. The number of hydrogen-bond donors (Lipinski definition) is 1. The van der Waals surface area contributed by atoms with E-state index in [4.69, 9.17) is 11.6 Å². The van der Waals surface area contributed by atoms with Crippen molar-refractivity contribution in [2.45, 2.75) is 50.7 Å². The van der Waals surface area contributed by atoms with Crippen LogP contribution in [-0.2, 0) is 26.2 Å². The Labute approximate surface area is 198 Å². The minimum absolute atomic E-state index is 0.0153. The van der Waals surface area contributed by atoms with E-state index < -0.39 is 45.9 Å². The molecule has 8 nitrogen and oxygen atoms in total. The molecule has 0 bridgehead atoms. The molecule has 0 aromatic heterocycles. The summed E-state index contributed by atoms with van der Waals surface area (Å²) in [7, 11) is -4.17. The number of nitrogens with one attached hydrogen (secondary N) is 1. The van der Waals surface area contributed by atoms with Gasteiger partial charge in [-0.3, -0.25) is 14.4 Å². The minimum Gasteiger partial charge on any atom is -0.350 e. The second-order valence-corrected chi connectivity index (χ2v) is 11.1. The third kappa shape index (κ3) is 5.20. The van der Waals surface area contributed by atoms with Crippen LogP contribution in [0.1, 0.15) is 43.6 Å². The molecule has 0 aliphatic carbocycles. The van der Waals surface area contributed by atoms with Crippen molar-refractivity contribution in [1.29, 1.82) is 0 Å². The maximum Gasteiger partial charge on any atom is 0.269 e. The zero-order valence-electron chi connectivity index (χ0n) is 18.8. The number of sulfonamides is 1.